The third-order valence-electron chi connectivity index (χ3n) is 1.84. The molecule has 0 aliphatic carbocycles. The quantitative estimate of drug-likeness (QED) is 0.658. The monoisotopic (exact) mass is 179 g/mol. The molecule has 2 rings (SSSR count). The molecule has 0 atom stereocenters. The number of rotatable bonds is 1. The summed E-state index contributed by atoms with van der Waals surface area (Å²) in [6, 6.07) is 5.65. The first kappa shape index (κ1) is 7.62. The SMILES string of the molecule is CCn1[c]nc2ccc(Cl)cc21. The highest BCUT2D eigenvalue weighted by molar-refractivity contribution is 6.31. The van der Waals surface area contributed by atoms with Crippen molar-refractivity contribution in [2.75, 3.05) is 0 Å². The summed E-state index contributed by atoms with van der Waals surface area (Å²) in [5, 5.41) is 0.742. The number of imidazole rings is 1. The summed E-state index contributed by atoms with van der Waals surface area (Å²) in [5.41, 5.74) is 1.99. The molecule has 0 N–H and O–H groups in total. The van der Waals surface area contributed by atoms with E-state index in [4.69, 9.17) is 11.6 Å². The van der Waals surface area contributed by atoms with Crippen LogP contribution in [0, 0.1) is 6.33 Å². The number of aromatic nitrogens is 2. The number of hydrogen-bond acceptors (Lipinski definition) is 1. The zero-order valence-corrected chi connectivity index (χ0v) is 7.47. The van der Waals surface area contributed by atoms with Gasteiger partial charge in [-0.1, -0.05) is 11.6 Å². The second kappa shape index (κ2) is 2.79. The molecule has 0 fully saturated rings. The highest BCUT2D eigenvalue weighted by atomic mass is 35.5. The van der Waals surface area contributed by atoms with E-state index in [9.17, 15) is 0 Å². The van der Waals surface area contributed by atoms with Gasteiger partial charge in [-0.25, -0.2) is 4.98 Å². The first-order valence-electron chi connectivity index (χ1n) is 3.84. The zero-order chi connectivity index (χ0) is 8.55. The molecule has 0 unspecified atom stereocenters. The van der Waals surface area contributed by atoms with E-state index in [0.717, 1.165) is 22.6 Å². The Balaban J connectivity index is 2.75. The van der Waals surface area contributed by atoms with E-state index in [-0.39, 0.29) is 0 Å². The predicted molar refractivity (Wildman–Crippen MR) is 49.3 cm³/mol. The molecule has 12 heavy (non-hydrogen) atoms. The summed E-state index contributed by atoms with van der Waals surface area (Å²) >= 11 is 5.85. The van der Waals surface area contributed by atoms with E-state index in [1.807, 2.05) is 22.8 Å². The number of fused-ring (bicyclic) bond motifs is 1. The fourth-order valence-electron chi connectivity index (χ4n) is 1.22. The predicted octanol–water partition coefficient (Wildman–Crippen LogP) is 2.51. The Morgan fingerprint density at radius 2 is 2.42 bits per heavy atom. The zero-order valence-electron chi connectivity index (χ0n) is 6.71. The molecule has 1 aromatic carbocycles. The molecule has 0 spiro atoms. The minimum Gasteiger partial charge on any atom is -0.322 e. The molecule has 61 valence electrons. The van der Waals surface area contributed by atoms with E-state index in [1.54, 1.807) is 0 Å². The molecule has 1 aromatic heterocycles. The maximum absolute atomic E-state index is 5.85. The van der Waals surface area contributed by atoms with Gasteiger partial charge in [-0.05, 0) is 25.1 Å². The number of halogens is 1. The van der Waals surface area contributed by atoms with Gasteiger partial charge in [-0.2, -0.15) is 0 Å². The summed E-state index contributed by atoms with van der Waals surface area (Å²) in [5.74, 6) is 0. The van der Waals surface area contributed by atoms with Gasteiger partial charge in [-0.3, -0.25) is 0 Å². The highest BCUT2D eigenvalue weighted by Crippen LogP contribution is 2.17. The topological polar surface area (TPSA) is 17.8 Å². The lowest BCUT2D eigenvalue weighted by molar-refractivity contribution is 0.780. The largest absolute Gasteiger partial charge is 0.322 e. The van der Waals surface area contributed by atoms with Crippen LogP contribution in [-0.4, -0.2) is 9.55 Å². The van der Waals surface area contributed by atoms with E-state index >= 15 is 0 Å². The van der Waals surface area contributed by atoms with Crippen LogP contribution in [0.15, 0.2) is 18.2 Å². The Labute approximate surface area is 75.8 Å². The molecule has 0 saturated carbocycles. The molecule has 0 amide bonds. The summed E-state index contributed by atoms with van der Waals surface area (Å²) < 4.78 is 1.95. The van der Waals surface area contributed by atoms with E-state index in [1.165, 1.54) is 0 Å². The van der Waals surface area contributed by atoms with Crippen molar-refractivity contribution in [1.29, 1.82) is 0 Å². The van der Waals surface area contributed by atoms with Gasteiger partial charge in [0.1, 0.15) is 0 Å². The highest BCUT2D eigenvalue weighted by Gasteiger charge is 2.00. The summed E-state index contributed by atoms with van der Waals surface area (Å²) in [6.45, 7) is 2.93. The van der Waals surface area contributed by atoms with Crippen LogP contribution < -0.4 is 0 Å². The lowest BCUT2D eigenvalue weighted by atomic mass is 10.3. The van der Waals surface area contributed by atoms with Crippen LogP contribution in [0.25, 0.3) is 11.0 Å². The van der Waals surface area contributed by atoms with E-state index in [2.05, 4.69) is 18.2 Å². The Bertz CT molecular complexity index is 406. The van der Waals surface area contributed by atoms with Crippen LogP contribution in [0.5, 0.6) is 0 Å². The molecule has 2 nitrogen and oxygen atoms in total. The van der Waals surface area contributed by atoms with Gasteiger partial charge in [0, 0.05) is 11.6 Å². The van der Waals surface area contributed by atoms with Gasteiger partial charge in [0.25, 0.3) is 0 Å². The van der Waals surface area contributed by atoms with Crippen molar-refractivity contribution in [2.45, 2.75) is 13.5 Å². The minimum atomic E-state index is 0.742. The third-order valence-corrected chi connectivity index (χ3v) is 2.07. The Kier molecular flexibility index (Phi) is 1.77. The van der Waals surface area contributed by atoms with Crippen LogP contribution in [0.2, 0.25) is 5.02 Å². The van der Waals surface area contributed by atoms with Crippen LogP contribution in [-0.2, 0) is 6.54 Å². The summed E-state index contributed by atoms with van der Waals surface area (Å²) in [4.78, 5) is 4.11. The first-order chi connectivity index (χ1) is 5.81. The Morgan fingerprint density at radius 1 is 1.58 bits per heavy atom. The number of hydrogen-bond donors (Lipinski definition) is 0. The first-order valence-corrected chi connectivity index (χ1v) is 4.22. The Hall–Kier alpha value is -1.02. The fourth-order valence-corrected chi connectivity index (χ4v) is 1.38. The van der Waals surface area contributed by atoms with Crippen molar-refractivity contribution in [3.63, 3.8) is 0 Å². The fraction of sp³-hybridized carbons (Fsp3) is 0.222. The van der Waals surface area contributed by atoms with Crippen molar-refractivity contribution < 1.29 is 0 Å². The van der Waals surface area contributed by atoms with Crippen molar-refractivity contribution >= 4 is 22.6 Å². The molecule has 2 aromatic rings. The molecular formula is C9H8ClN2. The van der Waals surface area contributed by atoms with Crippen molar-refractivity contribution in [3.8, 4) is 0 Å². The van der Waals surface area contributed by atoms with Crippen molar-refractivity contribution in [1.82, 2.24) is 9.55 Å². The van der Waals surface area contributed by atoms with Gasteiger partial charge >= 0.3 is 0 Å². The molecule has 1 heterocycles. The van der Waals surface area contributed by atoms with Gasteiger partial charge in [-0.15, -0.1) is 0 Å². The van der Waals surface area contributed by atoms with Gasteiger partial charge in [0.05, 0.1) is 11.0 Å². The minimum absolute atomic E-state index is 0.742. The standard InChI is InChI=1S/C9H8ClN2/c1-2-12-6-11-8-4-3-7(10)5-9(8)12/h3-5H,2H2,1H3. The molecule has 0 aliphatic heterocycles. The lowest BCUT2D eigenvalue weighted by Crippen LogP contribution is -1.90. The summed E-state index contributed by atoms with van der Waals surface area (Å²) in [7, 11) is 0. The second-order valence-electron chi connectivity index (χ2n) is 2.59. The maximum atomic E-state index is 5.85. The average molecular weight is 180 g/mol. The number of aryl methyl sites for hydroxylation is 1. The maximum Gasteiger partial charge on any atom is 0.177 e. The Morgan fingerprint density at radius 3 is 3.17 bits per heavy atom. The van der Waals surface area contributed by atoms with Gasteiger partial charge in [0.15, 0.2) is 6.33 Å². The summed E-state index contributed by atoms with van der Waals surface area (Å²) in [6.07, 6.45) is 2.90. The third kappa shape index (κ3) is 1.08. The molecule has 0 aliphatic rings. The molecule has 3 heteroatoms. The molecular weight excluding hydrogens is 172 g/mol. The smallest absolute Gasteiger partial charge is 0.177 e. The van der Waals surface area contributed by atoms with Crippen LogP contribution >= 0.6 is 11.6 Å². The molecule has 0 bridgehead atoms. The van der Waals surface area contributed by atoms with Gasteiger partial charge < -0.3 is 4.57 Å². The number of nitrogens with zero attached hydrogens (tertiary/aromatic N) is 2. The number of benzene rings is 1. The van der Waals surface area contributed by atoms with E-state index in [0.29, 0.717) is 0 Å². The van der Waals surface area contributed by atoms with Crippen molar-refractivity contribution in [3.05, 3.63) is 29.5 Å². The van der Waals surface area contributed by atoms with Crippen LogP contribution in [0.1, 0.15) is 6.92 Å². The van der Waals surface area contributed by atoms with Crippen molar-refractivity contribution in [2.24, 2.45) is 0 Å². The van der Waals surface area contributed by atoms with Gasteiger partial charge in [0.2, 0.25) is 0 Å². The molecule has 0 saturated heterocycles. The average Bonchev–Trinajstić information content (AvgIpc) is 2.46. The lowest BCUT2D eigenvalue weighted by Gasteiger charge is -1.97. The normalized spacial score (nSPS) is 10.8. The van der Waals surface area contributed by atoms with Crippen LogP contribution in [0.3, 0.4) is 0 Å². The van der Waals surface area contributed by atoms with E-state index < -0.39 is 0 Å². The van der Waals surface area contributed by atoms with Crippen LogP contribution in [0.4, 0.5) is 0 Å². The molecule has 1 radical (unpaired) electrons. The second-order valence-corrected chi connectivity index (χ2v) is 3.03.